The first-order valence-corrected chi connectivity index (χ1v) is 10.1. The van der Waals surface area contributed by atoms with Gasteiger partial charge in [-0.2, -0.15) is 4.31 Å². The number of hydrogen-bond acceptors (Lipinski definition) is 3. The first-order chi connectivity index (χ1) is 9.95. The number of nitrogens with zero attached hydrogens (tertiary/aromatic N) is 1. The second kappa shape index (κ2) is 7.24. The molecule has 0 spiro atoms. The van der Waals surface area contributed by atoms with E-state index in [9.17, 15) is 8.42 Å². The van der Waals surface area contributed by atoms with Crippen LogP contribution in [-0.4, -0.2) is 24.6 Å². The molecule has 0 aliphatic rings. The van der Waals surface area contributed by atoms with Crippen molar-refractivity contribution < 1.29 is 8.42 Å². The van der Waals surface area contributed by atoms with Gasteiger partial charge in [0.25, 0.3) is 10.0 Å². The minimum atomic E-state index is -3.53. The monoisotopic (exact) mass is 407 g/mol. The highest BCUT2D eigenvalue weighted by Gasteiger charge is 2.26. The number of hydrogen-bond donors (Lipinski definition) is 0. The van der Waals surface area contributed by atoms with Crippen molar-refractivity contribution in [1.29, 1.82) is 0 Å². The molecule has 2 aromatic rings. The minimum absolute atomic E-state index is 0.293. The number of sulfonamides is 1. The Morgan fingerprint density at radius 1 is 1.29 bits per heavy atom. The zero-order chi connectivity index (χ0) is 15.5. The molecule has 7 heteroatoms. The largest absolute Gasteiger partial charge is 0.252 e. The topological polar surface area (TPSA) is 37.4 Å². The number of rotatable bonds is 6. The number of halogens is 2. The Kier molecular flexibility index (Phi) is 5.85. The van der Waals surface area contributed by atoms with Gasteiger partial charge in [0, 0.05) is 18.4 Å². The van der Waals surface area contributed by atoms with E-state index in [1.807, 2.05) is 37.3 Å². The average Bonchev–Trinajstić information content (AvgIpc) is 2.80. The molecule has 1 heterocycles. The van der Waals surface area contributed by atoms with Crippen molar-refractivity contribution in [2.45, 2.75) is 17.7 Å². The molecule has 0 fully saturated rings. The molecule has 0 amide bonds. The summed E-state index contributed by atoms with van der Waals surface area (Å²) in [4.78, 5) is 0. The summed E-state index contributed by atoms with van der Waals surface area (Å²) in [5, 5.41) is 0.581. The van der Waals surface area contributed by atoms with E-state index in [0.717, 1.165) is 22.5 Å². The quantitative estimate of drug-likeness (QED) is 0.668. The lowest BCUT2D eigenvalue weighted by Gasteiger charge is -2.20. The summed E-state index contributed by atoms with van der Waals surface area (Å²) in [6.07, 6.45) is 0. The van der Waals surface area contributed by atoms with E-state index in [-0.39, 0.29) is 0 Å². The van der Waals surface area contributed by atoms with E-state index in [0.29, 0.717) is 27.0 Å². The molecule has 1 aromatic heterocycles. The fraction of sp³-hybridized carbons (Fsp3) is 0.286. The zero-order valence-corrected chi connectivity index (χ0v) is 15.4. The fourth-order valence-electron chi connectivity index (χ4n) is 1.85. The van der Waals surface area contributed by atoms with Gasteiger partial charge in [-0.05, 0) is 24.1 Å². The predicted molar refractivity (Wildman–Crippen MR) is 91.9 cm³/mol. The molecule has 0 bridgehead atoms. The lowest BCUT2D eigenvalue weighted by atomic mass is 10.2. The number of benzene rings is 1. The van der Waals surface area contributed by atoms with Crippen LogP contribution in [0.25, 0.3) is 0 Å². The summed E-state index contributed by atoms with van der Waals surface area (Å²) in [5.74, 6) is 0. The van der Waals surface area contributed by atoms with Crippen LogP contribution in [-0.2, 0) is 16.6 Å². The Bertz CT molecular complexity index is 682. The van der Waals surface area contributed by atoms with Gasteiger partial charge in [-0.15, -0.1) is 11.3 Å². The fourth-order valence-corrected chi connectivity index (χ4v) is 5.81. The molecule has 0 N–H and O–H groups in total. The maximum Gasteiger partial charge on any atom is 0.252 e. The summed E-state index contributed by atoms with van der Waals surface area (Å²) in [5.41, 5.74) is 1.75. The van der Waals surface area contributed by atoms with Gasteiger partial charge in [0.15, 0.2) is 0 Å². The van der Waals surface area contributed by atoms with Crippen LogP contribution in [0.2, 0.25) is 4.34 Å². The van der Waals surface area contributed by atoms with Gasteiger partial charge in [-0.1, -0.05) is 57.9 Å². The van der Waals surface area contributed by atoms with Gasteiger partial charge in [-0.3, -0.25) is 0 Å². The molecule has 0 aliphatic carbocycles. The van der Waals surface area contributed by atoms with Crippen molar-refractivity contribution in [3.8, 4) is 0 Å². The average molecular weight is 409 g/mol. The second-order valence-corrected chi connectivity index (χ2v) is 9.15. The summed E-state index contributed by atoms with van der Waals surface area (Å²) in [7, 11) is -3.53. The van der Waals surface area contributed by atoms with E-state index in [1.165, 1.54) is 4.31 Å². The third kappa shape index (κ3) is 4.07. The molecule has 2 rings (SSSR count). The second-order valence-electron chi connectivity index (χ2n) is 4.54. The summed E-state index contributed by atoms with van der Waals surface area (Å²) < 4.78 is 27.8. The Morgan fingerprint density at radius 2 is 1.95 bits per heavy atom. The van der Waals surface area contributed by atoms with E-state index < -0.39 is 10.0 Å². The Morgan fingerprint density at radius 3 is 2.48 bits per heavy atom. The molecule has 0 unspecified atom stereocenters. The molecule has 3 nitrogen and oxygen atoms in total. The van der Waals surface area contributed by atoms with Crippen LogP contribution >= 0.6 is 38.9 Å². The van der Waals surface area contributed by atoms with Crippen LogP contribution in [0.4, 0.5) is 0 Å². The molecule has 114 valence electrons. The van der Waals surface area contributed by atoms with Gasteiger partial charge >= 0.3 is 0 Å². The first kappa shape index (κ1) is 17.0. The summed E-state index contributed by atoms with van der Waals surface area (Å²) >= 11 is 10.4. The molecule has 0 saturated heterocycles. The van der Waals surface area contributed by atoms with E-state index in [1.54, 1.807) is 6.07 Å². The van der Waals surface area contributed by atoms with Gasteiger partial charge in [-0.25, -0.2) is 8.42 Å². The molecule has 0 saturated carbocycles. The van der Waals surface area contributed by atoms with Crippen LogP contribution in [0.5, 0.6) is 0 Å². The molecule has 1 aromatic carbocycles. The zero-order valence-electron chi connectivity index (χ0n) is 11.4. The number of thiophene rings is 1. The van der Waals surface area contributed by atoms with Crippen LogP contribution in [0, 0.1) is 6.92 Å². The Balaban J connectivity index is 2.32. The van der Waals surface area contributed by atoms with Crippen LogP contribution < -0.4 is 0 Å². The summed E-state index contributed by atoms with van der Waals surface area (Å²) in [6.45, 7) is 2.57. The van der Waals surface area contributed by atoms with Crippen molar-refractivity contribution in [2.24, 2.45) is 0 Å². The van der Waals surface area contributed by atoms with Crippen LogP contribution in [0.1, 0.15) is 11.1 Å². The number of aryl methyl sites for hydroxylation is 1. The molecule has 0 aliphatic heterocycles. The standard InChI is InChI=1S/C14H15BrClNO2S2/c1-11-9-13(20-14(11)16)21(18,19)17(8-7-15)10-12-5-3-2-4-6-12/h2-6,9H,7-8,10H2,1H3. The van der Waals surface area contributed by atoms with Crippen molar-refractivity contribution in [1.82, 2.24) is 4.31 Å². The smallest absolute Gasteiger partial charge is 0.206 e. The lowest BCUT2D eigenvalue weighted by molar-refractivity contribution is 0.428. The van der Waals surface area contributed by atoms with Gasteiger partial charge in [0.05, 0.1) is 4.34 Å². The maximum atomic E-state index is 12.7. The SMILES string of the molecule is Cc1cc(S(=O)(=O)N(CCBr)Cc2ccccc2)sc1Cl. The Labute approximate surface area is 142 Å². The molecular formula is C14H15BrClNO2S2. The van der Waals surface area contributed by atoms with Gasteiger partial charge < -0.3 is 0 Å². The van der Waals surface area contributed by atoms with Crippen LogP contribution in [0.3, 0.4) is 0 Å². The van der Waals surface area contributed by atoms with E-state index in [4.69, 9.17) is 11.6 Å². The Hall–Kier alpha value is -0.400. The normalized spacial score (nSPS) is 12.0. The van der Waals surface area contributed by atoms with Crippen LogP contribution in [0.15, 0.2) is 40.6 Å². The minimum Gasteiger partial charge on any atom is -0.206 e. The van der Waals surface area contributed by atoms with Crippen molar-refractivity contribution in [3.63, 3.8) is 0 Å². The first-order valence-electron chi connectivity index (χ1n) is 6.31. The highest BCUT2D eigenvalue weighted by Crippen LogP contribution is 2.32. The molecule has 0 atom stereocenters. The predicted octanol–water partition coefficient (Wildman–Crippen LogP) is 4.30. The summed E-state index contributed by atoms with van der Waals surface area (Å²) in [6, 6.07) is 11.2. The van der Waals surface area contributed by atoms with Crippen molar-refractivity contribution in [3.05, 3.63) is 51.9 Å². The van der Waals surface area contributed by atoms with E-state index in [2.05, 4.69) is 15.9 Å². The highest BCUT2D eigenvalue weighted by molar-refractivity contribution is 9.09. The third-order valence-corrected chi connectivity index (χ3v) is 7.17. The van der Waals surface area contributed by atoms with E-state index >= 15 is 0 Å². The van der Waals surface area contributed by atoms with Gasteiger partial charge in [0.2, 0.25) is 0 Å². The molecule has 21 heavy (non-hydrogen) atoms. The third-order valence-electron chi connectivity index (χ3n) is 2.96. The van der Waals surface area contributed by atoms with Crippen molar-refractivity contribution >= 4 is 48.9 Å². The molecule has 0 radical (unpaired) electrons. The molecular weight excluding hydrogens is 394 g/mol. The van der Waals surface area contributed by atoms with Crippen molar-refractivity contribution in [2.75, 3.05) is 11.9 Å². The van der Waals surface area contributed by atoms with Gasteiger partial charge in [0.1, 0.15) is 4.21 Å². The lowest BCUT2D eigenvalue weighted by Crippen LogP contribution is -2.31. The number of alkyl halides is 1. The maximum absolute atomic E-state index is 12.7. The highest BCUT2D eigenvalue weighted by atomic mass is 79.9.